The maximum Gasteiger partial charge on any atom is 0.272 e. The van der Waals surface area contributed by atoms with Gasteiger partial charge in [-0.25, -0.2) is 4.98 Å². The molecule has 1 atom stereocenters. The summed E-state index contributed by atoms with van der Waals surface area (Å²) in [5.74, 6) is -0.000540. The van der Waals surface area contributed by atoms with Crippen molar-refractivity contribution in [3.8, 4) is 0 Å². The number of nitrogens with one attached hydrogen (secondary N) is 1. The Kier molecular flexibility index (Phi) is 8.34. The fraction of sp³-hybridized carbons (Fsp3) is 0.500. The molecule has 7 heteroatoms. The smallest absolute Gasteiger partial charge is 0.272 e. The average Bonchev–Trinajstić information content (AvgIpc) is 2.78. The van der Waals surface area contributed by atoms with Crippen LogP contribution >= 0.6 is 36.4 Å². The number of rotatable bonds is 3. The maximum absolute atomic E-state index is 12.2. The van der Waals surface area contributed by atoms with E-state index >= 15 is 0 Å². The van der Waals surface area contributed by atoms with Crippen molar-refractivity contribution in [3.05, 3.63) is 29.0 Å². The summed E-state index contributed by atoms with van der Waals surface area (Å²) in [6, 6.07) is 3.66. The Labute approximate surface area is 130 Å². The summed E-state index contributed by atoms with van der Waals surface area (Å²) in [6.45, 7) is 1.65. The Bertz CT molecular complexity index is 400. The molecule has 1 N–H and O–H groups in total. The third-order valence-corrected chi connectivity index (χ3v) is 3.25. The minimum atomic E-state index is -0.000540. The van der Waals surface area contributed by atoms with Crippen LogP contribution in [0.15, 0.2) is 18.3 Å². The number of carbonyl (C=O) groups is 1. The Hall–Kier alpha value is -0.550. The van der Waals surface area contributed by atoms with Crippen LogP contribution in [-0.4, -0.2) is 42.0 Å². The topological polar surface area (TPSA) is 45.2 Å². The quantitative estimate of drug-likeness (QED) is 0.928. The van der Waals surface area contributed by atoms with Crippen LogP contribution in [0.2, 0.25) is 5.02 Å². The molecule has 19 heavy (non-hydrogen) atoms. The summed E-state index contributed by atoms with van der Waals surface area (Å²) >= 11 is 5.76. The van der Waals surface area contributed by atoms with Crippen LogP contribution in [0.3, 0.4) is 0 Å². The van der Waals surface area contributed by atoms with Gasteiger partial charge in [0.2, 0.25) is 0 Å². The van der Waals surface area contributed by atoms with E-state index in [9.17, 15) is 4.79 Å². The molecule has 1 aromatic heterocycles. The number of nitrogens with zero attached hydrogens (tertiary/aromatic N) is 2. The molecule has 1 saturated heterocycles. The number of likely N-dealkylation sites (tertiary alicyclic amines) is 1. The molecule has 0 aliphatic carbocycles. The lowest BCUT2D eigenvalue weighted by Crippen LogP contribution is -2.41. The van der Waals surface area contributed by atoms with Crippen molar-refractivity contribution < 1.29 is 4.79 Å². The van der Waals surface area contributed by atoms with Crippen molar-refractivity contribution in [1.82, 2.24) is 15.2 Å². The molecule has 1 aromatic rings. The Morgan fingerprint density at radius 2 is 2.26 bits per heavy atom. The highest BCUT2D eigenvalue weighted by molar-refractivity contribution is 6.30. The number of hydrogen-bond donors (Lipinski definition) is 1. The Morgan fingerprint density at radius 1 is 1.53 bits per heavy atom. The first-order chi connectivity index (χ1) is 8.22. The summed E-state index contributed by atoms with van der Waals surface area (Å²) in [6.07, 6.45) is 3.63. The zero-order chi connectivity index (χ0) is 12.3. The number of hydrogen-bond acceptors (Lipinski definition) is 3. The van der Waals surface area contributed by atoms with E-state index in [-0.39, 0.29) is 36.8 Å². The van der Waals surface area contributed by atoms with E-state index in [1.807, 2.05) is 11.9 Å². The molecule has 0 bridgehead atoms. The second-order valence-corrected chi connectivity index (χ2v) is 4.65. The van der Waals surface area contributed by atoms with Gasteiger partial charge in [-0.05, 0) is 32.0 Å². The first-order valence-electron chi connectivity index (χ1n) is 5.79. The minimum absolute atomic E-state index is 0. The molecular formula is C12H18Cl3N3O. The van der Waals surface area contributed by atoms with Gasteiger partial charge in [0.25, 0.3) is 5.91 Å². The number of halogens is 3. The number of pyridine rings is 1. The zero-order valence-corrected chi connectivity index (χ0v) is 13.0. The van der Waals surface area contributed by atoms with E-state index in [4.69, 9.17) is 11.6 Å². The van der Waals surface area contributed by atoms with Gasteiger partial charge in [-0.3, -0.25) is 4.79 Å². The molecule has 1 unspecified atom stereocenters. The highest BCUT2D eigenvalue weighted by Gasteiger charge is 2.29. The minimum Gasteiger partial charge on any atom is -0.333 e. The first-order valence-corrected chi connectivity index (χ1v) is 6.17. The van der Waals surface area contributed by atoms with E-state index in [0.29, 0.717) is 10.7 Å². The van der Waals surface area contributed by atoms with Gasteiger partial charge in [-0.2, -0.15) is 0 Å². The summed E-state index contributed by atoms with van der Waals surface area (Å²) in [5.41, 5.74) is 0.470. The fourth-order valence-corrected chi connectivity index (χ4v) is 2.31. The number of carbonyl (C=O) groups excluding carboxylic acids is 1. The Balaban J connectivity index is 0.00000162. The molecule has 1 aliphatic rings. The predicted octanol–water partition coefficient (Wildman–Crippen LogP) is 2.40. The van der Waals surface area contributed by atoms with Crippen LogP contribution in [0.5, 0.6) is 0 Å². The lowest BCUT2D eigenvalue weighted by molar-refractivity contribution is 0.0731. The molecule has 2 heterocycles. The standard InChI is InChI=1S/C12H16ClN3O.2ClH/c1-14-8-10-3-2-6-16(10)12(17)11-5-4-9(13)7-15-11;;/h4-5,7,10,14H,2-3,6,8H2,1H3;2*1H. The first kappa shape index (κ1) is 18.4. The second kappa shape index (κ2) is 8.59. The van der Waals surface area contributed by atoms with Gasteiger partial charge in [0, 0.05) is 25.3 Å². The summed E-state index contributed by atoms with van der Waals surface area (Å²) in [4.78, 5) is 18.2. The molecule has 1 amide bonds. The molecule has 4 nitrogen and oxygen atoms in total. The maximum atomic E-state index is 12.2. The molecular weight excluding hydrogens is 309 g/mol. The van der Waals surface area contributed by atoms with E-state index in [2.05, 4.69) is 10.3 Å². The number of aromatic nitrogens is 1. The number of likely N-dealkylation sites (N-methyl/N-ethyl adjacent to an activating group) is 1. The molecule has 0 spiro atoms. The molecule has 0 radical (unpaired) electrons. The molecule has 1 fully saturated rings. The third kappa shape index (κ3) is 4.49. The van der Waals surface area contributed by atoms with Crippen LogP contribution in [-0.2, 0) is 0 Å². The predicted molar refractivity (Wildman–Crippen MR) is 81.7 cm³/mol. The molecule has 108 valence electrons. The van der Waals surface area contributed by atoms with E-state index in [1.165, 1.54) is 6.20 Å². The van der Waals surface area contributed by atoms with Crippen molar-refractivity contribution >= 4 is 42.3 Å². The summed E-state index contributed by atoms with van der Waals surface area (Å²) in [5, 5.41) is 3.67. The molecule has 1 aliphatic heterocycles. The summed E-state index contributed by atoms with van der Waals surface area (Å²) in [7, 11) is 1.90. The van der Waals surface area contributed by atoms with Gasteiger partial charge in [-0.15, -0.1) is 24.8 Å². The van der Waals surface area contributed by atoms with Gasteiger partial charge < -0.3 is 10.2 Å². The lowest BCUT2D eigenvalue weighted by Gasteiger charge is -2.24. The SMILES string of the molecule is CNCC1CCCN1C(=O)c1ccc(Cl)cn1.Cl.Cl. The molecule has 2 rings (SSSR count). The van der Waals surface area contributed by atoms with Gasteiger partial charge in [0.05, 0.1) is 5.02 Å². The highest BCUT2D eigenvalue weighted by atomic mass is 35.5. The van der Waals surface area contributed by atoms with Crippen LogP contribution in [0.1, 0.15) is 23.3 Å². The van der Waals surface area contributed by atoms with Crippen molar-refractivity contribution in [2.45, 2.75) is 18.9 Å². The molecule has 0 aromatic carbocycles. The van der Waals surface area contributed by atoms with Crippen molar-refractivity contribution in [2.75, 3.05) is 20.1 Å². The van der Waals surface area contributed by atoms with Crippen molar-refractivity contribution in [2.24, 2.45) is 0 Å². The van der Waals surface area contributed by atoms with Crippen molar-refractivity contribution in [3.63, 3.8) is 0 Å². The van der Waals surface area contributed by atoms with Gasteiger partial charge in [0.15, 0.2) is 0 Å². The van der Waals surface area contributed by atoms with Gasteiger partial charge in [0.1, 0.15) is 5.69 Å². The van der Waals surface area contributed by atoms with Crippen LogP contribution in [0.25, 0.3) is 0 Å². The number of amides is 1. The van der Waals surface area contributed by atoms with Crippen LogP contribution < -0.4 is 5.32 Å². The zero-order valence-electron chi connectivity index (χ0n) is 10.6. The lowest BCUT2D eigenvalue weighted by atomic mass is 10.2. The average molecular weight is 327 g/mol. The van der Waals surface area contributed by atoms with Crippen molar-refractivity contribution in [1.29, 1.82) is 0 Å². The van der Waals surface area contributed by atoms with E-state index in [0.717, 1.165) is 25.9 Å². The highest BCUT2D eigenvalue weighted by Crippen LogP contribution is 2.19. The normalized spacial score (nSPS) is 17.6. The third-order valence-electron chi connectivity index (χ3n) is 3.02. The fourth-order valence-electron chi connectivity index (χ4n) is 2.20. The van der Waals surface area contributed by atoms with E-state index in [1.54, 1.807) is 12.1 Å². The van der Waals surface area contributed by atoms with Gasteiger partial charge in [-0.1, -0.05) is 11.6 Å². The van der Waals surface area contributed by atoms with Crippen LogP contribution in [0, 0.1) is 0 Å². The van der Waals surface area contributed by atoms with E-state index < -0.39 is 0 Å². The molecule has 0 saturated carbocycles. The summed E-state index contributed by atoms with van der Waals surface area (Å²) < 4.78 is 0. The second-order valence-electron chi connectivity index (χ2n) is 4.21. The Morgan fingerprint density at radius 3 is 2.84 bits per heavy atom. The largest absolute Gasteiger partial charge is 0.333 e. The monoisotopic (exact) mass is 325 g/mol. The van der Waals surface area contributed by atoms with Crippen LogP contribution in [0.4, 0.5) is 0 Å². The van der Waals surface area contributed by atoms with Gasteiger partial charge >= 0.3 is 0 Å².